The van der Waals surface area contributed by atoms with Crippen molar-refractivity contribution in [1.29, 1.82) is 0 Å². The minimum Gasteiger partial charge on any atom is -0.461 e. The van der Waals surface area contributed by atoms with E-state index in [1.807, 2.05) is 4.90 Å². The Kier molecular flexibility index (Phi) is 4.64. The lowest BCUT2D eigenvalue weighted by molar-refractivity contribution is 0.0519. The van der Waals surface area contributed by atoms with Crippen LogP contribution in [0.1, 0.15) is 47.7 Å². The summed E-state index contributed by atoms with van der Waals surface area (Å²) < 4.78 is 10.3. The third-order valence-electron chi connectivity index (χ3n) is 4.04. The van der Waals surface area contributed by atoms with Crippen LogP contribution in [0, 0.1) is 6.92 Å². The third kappa shape index (κ3) is 3.47. The van der Waals surface area contributed by atoms with Crippen LogP contribution >= 0.6 is 0 Å². The molecule has 0 aromatic carbocycles. The van der Waals surface area contributed by atoms with Gasteiger partial charge in [-0.15, -0.1) is 0 Å². The maximum absolute atomic E-state index is 11.6. The summed E-state index contributed by atoms with van der Waals surface area (Å²) >= 11 is 0. The fraction of sp³-hybridized carbons (Fsp3) is 0.500. The highest BCUT2D eigenvalue weighted by Crippen LogP contribution is 2.28. The summed E-state index contributed by atoms with van der Waals surface area (Å²) in [5.41, 5.74) is 0.892. The van der Waals surface area contributed by atoms with Gasteiger partial charge in [-0.2, -0.15) is 4.98 Å². The fourth-order valence-corrected chi connectivity index (χ4v) is 2.89. The number of anilines is 1. The van der Waals surface area contributed by atoms with E-state index in [1.165, 1.54) is 6.26 Å². The first-order chi connectivity index (χ1) is 11.6. The largest absolute Gasteiger partial charge is 0.461 e. The van der Waals surface area contributed by atoms with E-state index < -0.39 is 5.97 Å². The summed E-state index contributed by atoms with van der Waals surface area (Å²) in [6.45, 7) is 5.27. The molecule has 128 valence electrons. The van der Waals surface area contributed by atoms with Crippen LogP contribution in [0.3, 0.4) is 0 Å². The van der Waals surface area contributed by atoms with Crippen molar-refractivity contribution in [3.8, 4) is 0 Å². The Morgan fingerprint density at radius 3 is 2.83 bits per heavy atom. The van der Waals surface area contributed by atoms with Gasteiger partial charge in [0.05, 0.1) is 12.3 Å². The maximum Gasteiger partial charge on any atom is 0.360 e. The standard InChI is InChI=1S/C16H20N4O4/c1-3-23-15(22)13-9-24-16(19-13)20-6-4-11(5-7-20)12-8-14(21)18-10(2)17-12/h8-9,11H,3-7H2,1-2H3,(H,17,18,21). The summed E-state index contributed by atoms with van der Waals surface area (Å²) in [5, 5.41) is 0. The lowest BCUT2D eigenvalue weighted by atomic mass is 9.93. The van der Waals surface area contributed by atoms with Gasteiger partial charge in [-0.3, -0.25) is 4.79 Å². The Labute approximate surface area is 138 Å². The van der Waals surface area contributed by atoms with Crippen molar-refractivity contribution in [2.75, 3.05) is 24.6 Å². The summed E-state index contributed by atoms with van der Waals surface area (Å²) in [5.74, 6) is 0.388. The molecule has 0 spiro atoms. The number of nitrogens with zero attached hydrogens (tertiary/aromatic N) is 3. The molecule has 8 nitrogen and oxygen atoms in total. The number of esters is 1. The number of aromatic amines is 1. The number of piperidine rings is 1. The first kappa shape index (κ1) is 16.2. The van der Waals surface area contributed by atoms with Crippen LogP contribution in [0.5, 0.6) is 0 Å². The monoisotopic (exact) mass is 332 g/mol. The molecular formula is C16H20N4O4. The molecule has 1 N–H and O–H groups in total. The van der Waals surface area contributed by atoms with E-state index >= 15 is 0 Å². The molecule has 0 unspecified atom stereocenters. The number of rotatable bonds is 4. The highest BCUT2D eigenvalue weighted by Gasteiger charge is 2.25. The number of nitrogens with one attached hydrogen (secondary N) is 1. The van der Waals surface area contributed by atoms with E-state index in [4.69, 9.17) is 9.15 Å². The van der Waals surface area contributed by atoms with Gasteiger partial charge in [0.2, 0.25) is 0 Å². The second-order valence-electron chi connectivity index (χ2n) is 5.75. The zero-order valence-electron chi connectivity index (χ0n) is 13.7. The van der Waals surface area contributed by atoms with Crippen molar-refractivity contribution in [1.82, 2.24) is 15.0 Å². The predicted molar refractivity (Wildman–Crippen MR) is 86.2 cm³/mol. The molecule has 24 heavy (non-hydrogen) atoms. The van der Waals surface area contributed by atoms with E-state index in [0.29, 0.717) is 18.4 Å². The average molecular weight is 332 g/mol. The van der Waals surface area contributed by atoms with Crippen LogP contribution in [0.4, 0.5) is 6.01 Å². The summed E-state index contributed by atoms with van der Waals surface area (Å²) in [6.07, 6.45) is 3.00. The minimum absolute atomic E-state index is 0.119. The third-order valence-corrected chi connectivity index (χ3v) is 4.04. The van der Waals surface area contributed by atoms with Gasteiger partial charge in [-0.25, -0.2) is 9.78 Å². The van der Waals surface area contributed by atoms with Gasteiger partial charge in [0.15, 0.2) is 5.69 Å². The zero-order valence-corrected chi connectivity index (χ0v) is 13.7. The highest BCUT2D eigenvalue weighted by atomic mass is 16.5. The average Bonchev–Trinajstić information content (AvgIpc) is 3.04. The number of hydrogen-bond donors (Lipinski definition) is 1. The molecule has 0 amide bonds. The van der Waals surface area contributed by atoms with E-state index in [2.05, 4.69) is 15.0 Å². The van der Waals surface area contributed by atoms with Gasteiger partial charge in [0.25, 0.3) is 11.6 Å². The van der Waals surface area contributed by atoms with Crippen LogP contribution in [0.15, 0.2) is 21.5 Å². The summed E-state index contributed by atoms with van der Waals surface area (Å²) in [7, 11) is 0. The molecule has 8 heteroatoms. The topological polar surface area (TPSA) is 101 Å². The fourth-order valence-electron chi connectivity index (χ4n) is 2.89. The van der Waals surface area contributed by atoms with E-state index in [0.717, 1.165) is 31.6 Å². The molecule has 3 heterocycles. The molecule has 2 aromatic heterocycles. The van der Waals surface area contributed by atoms with Crippen molar-refractivity contribution in [2.45, 2.75) is 32.6 Å². The Morgan fingerprint density at radius 1 is 1.42 bits per heavy atom. The number of ether oxygens (including phenoxy) is 1. The van der Waals surface area contributed by atoms with E-state index in [-0.39, 0.29) is 17.2 Å². The van der Waals surface area contributed by atoms with Gasteiger partial charge in [-0.05, 0) is 26.7 Å². The van der Waals surface area contributed by atoms with Crippen LogP contribution in [-0.4, -0.2) is 40.6 Å². The second kappa shape index (κ2) is 6.86. The number of H-pyrrole nitrogens is 1. The molecule has 1 saturated heterocycles. The van der Waals surface area contributed by atoms with Gasteiger partial charge < -0.3 is 19.0 Å². The maximum atomic E-state index is 11.6. The van der Waals surface area contributed by atoms with Crippen LogP contribution in [0.25, 0.3) is 0 Å². The normalized spacial score (nSPS) is 15.5. The number of aryl methyl sites for hydroxylation is 1. The molecule has 0 atom stereocenters. The Morgan fingerprint density at radius 2 is 2.17 bits per heavy atom. The van der Waals surface area contributed by atoms with E-state index in [9.17, 15) is 9.59 Å². The lowest BCUT2D eigenvalue weighted by Gasteiger charge is -2.30. The van der Waals surface area contributed by atoms with Gasteiger partial charge in [0.1, 0.15) is 12.1 Å². The number of carbonyl (C=O) groups excluding carboxylic acids is 1. The summed E-state index contributed by atoms with van der Waals surface area (Å²) in [4.78, 5) is 36.5. The number of carbonyl (C=O) groups is 1. The number of aromatic nitrogens is 3. The lowest BCUT2D eigenvalue weighted by Crippen LogP contribution is -2.33. The molecule has 0 aliphatic carbocycles. The molecule has 0 saturated carbocycles. The van der Waals surface area contributed by atoms with Gasteiger partial charge in [-0.1, -0.05) is 0 Å². The first-order valence-corrected chi connectivity index (χ1v) is 8.02. The minimum atomic E-state index is -0.481. The molecule has 0 radical (unpaired) electrons. The molecule has 1 aliphatic rings. The van der Waals surface area contributed by atoms with Gasteiger partial charge in [0, 0.05) is 25.1 Å². The highest BCUT2D eigenvalue weighted by molar-refractivity contribution is 5.87. The Bertz CT molecular complexity index is 774. The zero-order chi connectivity index (χ0) is 17.1. The second-order valence-corrected chi connectivity index (χ2v) is 5.75. The van der Waals surface area contributed by atoms with E-state index in [1.54, 1.807) is 19.9 Å². The Hall–Kier alpha value is -2.64. The number of oxazole rings is 1. The summed E-state index contributed by atoms with van der Waals surface area (Å²) in [6, 6.07) is 1.99. The SMILES string of the molecule is CCOC(=O)c1coc(N2CCC(c3cc(=O)[nH]c(C)n3)CC2)n1. The predicted octanol–water partition coefficient (Wildman–Crippen LogP) is 1.63. The molecule has 2 aromatic rings. The van der Waals surface area contributed by atoms with Gasteiger partial charge >= 0.3 is 5.97 Å². The van der Waals surface area contributed by atoms with Crippen molar-refractivity contribution in [3.63, 3.8) is 0 Å². The van der Waals surface area contributed by atoms with Crippen LogP contribution in [-0.2, 0) is 4.74 Å². The number of hydrogen-bond acceptors (Lipinski definition) is 7. The molecule has 1 fully saturated rings. The first-order valence-electron chi connectivity index (χ1n) is 8.02. The quantitative estimate of drug-likeness (QED) is 0.849. The van der Waals surface area contributed by atoms with Crippen molar-refractivity contribution in [2.24, 2.45) is 0 Å². The Balaban J connectivity index is 1.65. The molecule has 1 aliphatic heterocycles. The molecule has 0 bridgehead atoms. The smallest absolute Gasteiger partial charge is 0.360 e. The van der Waals surface area contributed by atoms with Crippen molar-refractivity contribution < 1.29 is 13.9 Å². The molecule has 3 rings (SSSR count). The van der Waals surface area contributed by atoms with Crippen LogP contribution < -0.4 is 10.5 Å². The van der Waals surface area contributed by atoms with Crippen LogP contribution in [0.2, 0.25) is 0 Å². The van der Waals surface area contributed by atoms with Crippen molar-refractivity contribution >= 4 is 12.0 Å². The molecular weight excluding hydrogens is 312 g/mol. The van der Waals surface area contributed by atoms with Crippen molar-refractivity contribution in [3.05, 3.63) is 39.9 Å².